The van der Waals surface area contributed by atoms with E-state index in [1.165, 1.54) is 44.5 Å². The number of aryl methyl sites for hydroxylation is 3. The molecule has 0 bridgehead atoms. The van der Waals surface area contributed by atoms with Gasteiger partial charge in [0.25, 0.3) is 0 Å². The first kappa shape index (κ1) is 16.3. The molecule has 0 atom stereocenters. The third kappa shape index (κ3) is 2.97. The Bertz CT molecular complexity index is 1030. The summed E-state index contributed by atoms with van der Waals surface area (Å²) in [4.78, 5) is 0. The smallest absolute Gasteiger partial charge is 0.198 e. The highest BCUT2D eigenvalue weighted by Gasteiger charge is 2.21. The lowest BCUT2D eigenvalue weighted by molar-refractivity contribution is -0.665. The number of aromatic nitrogens is 1. The highest BCUT2D eigenvalue weighted by molar-refractivity contribution is 5.95. The number of hydrogen-bond acceptors (Lipinski definition) is 0. The number of hydrogen-bond donors (Lipinski definition) is 0. The fraction of sp³-hybridized carbons (Fsp3) is 0.375. The van der Waals surface area contributed by atoms with Crippen LogP contribution in [-0.2, 0) is 7.05 Å². The number of pyridine rings is 1. The Morgan fingerprint density at radius 3 is 2.24 bits per heavy atom. The molecule has 3 rings (SSSR count). The summed E-state index contributed by atoms with van der Waals surface area (Å²) in [5, 5.41) is 2.24. The van der Waals surface area contributed by atoms with Crippen molar-refractivity contribution >= 4 is 10.8 Å². The molecule has 3 aromatic rings. The Hall–Kier alpha value is -2.15. The van der Waals surface area contributed by atoms with Gasteiger partial charge in [-0.3, -0.25) is 0 Å². The van der Waals surface area contributed by atoms with Crippen LogP contribution in [0.5, 0.6) is 0 Å². The topological polar surface area (TPSA) is 3.88 Å². The minimum Gasteiger partial charge on any atom is -0.198 e. The van der Waals surface area contributed by atoms with Crippen molar-refractivity contribution in [3.63, 3.8) is 0 Å². The Labute approximate surface area is 153 Å². The zero-order chi connectivity index (χ0) is 19.3. The van der Waals surface area contributed by atoms with Crippen LogP contribution < -0.4 is 4.57 Å². The van der Waals surface area contributed by atoms with Crippen LogP contribution in [0.3, 0.4) is 0 Å². The summed E-state index contributed by atoms with van der Waals surface area (Å²) in [6.07, 6.45) is 0. The zero-order valence-electron chi connectivity index (χ0n) is 17.8. The molecule has 25 heavy (non-hydrogen) atoms. The number of benzene rings is 2. The van der Waals surface area contributed by atoms with Gasteiger partial charge in [0, 0.05) is 13.0 Å². The summed E-state index contributed by atoms with van der Waals surface area (Å²) in [7, 11) is 2.09. The normalized spacial score (nSPS) is 12.1. The summed E-state index contributed by atoms with van der Waals surface area (Å²) >= 11 is 0. The highest BCUT2D eigenvalue weighted by Crippen LogP contribution is 2.33. The lowest BCUT2D eigenvalue weighted by Gasteiger charge is -2.16. The van der Waals surface area contributed by atoms with Crippen molar-refractivity contribution in [1.29, 1.82) is 0 Å². The molecule has 1 aromatic heterocycles. The number of fused-ring (bicyclic) bond motifs is 1. The van der Waals surface area contributed by atoms with Crippen LogP contribution in [0, 0.1) is 34.6 Å². The summed E-state index contributed by atoms with van der Waals surface area (Å²) in [5.41, 5.74) is 10.0. The lowest BCUT2D eigenvalue weighted by atomic mass is 9.90. The van der Waals surface area contributed by atoms with Crippen LogP contribution in [0.2, 0.25) is 0 Å². The van der Waals surface area contributed by atoms with Crippen LogP contribution in [-0.4, -0.2) is 0 Å². The maximum atomic E-state index is 8.71. The molecule has 0 aliphatic heterocycles. The Morgan fingerprint density at radius 1 is 0.920 bits per heavy atom. The molecule has 0 spiro atoms. The van der Waals surface area contributed by atoms with Gasteiger partial charge in [0.1, 0.15) is 7.05 Å². The molecule has 0 amide bonds. The second-order valence-electron chi connectivity index (χ2n) is 7.78. The van der Waals surface area contributed by atoms with Crippen LogP contribution in [0.4, 0.5) is 0 Å². The first-order chi connectivity index (χ1) is 12.1. The summed E-state index contributed by atoms with van der Waals surface area (Å²) < 4.78 is 10.9. The van der Waals surface area contributed by atoms with Gasteiger partial charge in [0.05, 0.1) is 12.3 Å². The van der Waals surface area contributed by atoms with E-state index in [0.717, 1.165) is 11.1 Å². The van der Waals surface area contributed by atoms with E-state index in [1.807, 2.05) is 0 Å². The summed E-state index contributed by atoms with van der Waals surface area (Å²) in [6, 6.07) is 9.69. The van der Waals surface area contributed by atoms with Crippen LogP contribution in [0.1, 0.15) is 54.6 Å². The van der Waals surface area contributed by atoms with Crippen molar-refractivity contribution < 1.29 is 5.94 Å². The number of nitrogens with zero attached hydrogens (tertiary/aromatic N) is 1. The molecule has 0 aliphatic carbocycles. The second kappa shape index (κ2) is 6.29. The van der Waals surface area contributed by atoms with E-state index in [-0.39, 0.29) is 0 Å². The van der Waals surface area contributed by atoms with E-state index in [9.17, 15) is 0 Å². The van der Waals surface area contributed by atoms with Gasteiger partial charge >= 0.3 is 0 Å². The van der Waals surface area contributed by atoms with E-state index in [0.29, 0.717) is 12.0 Å². The highest BCUT2D eigenvalue weighted by atomic mass is 14.9. The minimum atomic E-state index is 0.458. The van der Waals surface area contributed by atoms with Gasteiger partial charge in [0.2, 0.25) is 5.69 Å². The average Bonchev–Trinajstić information content (AvgIpc) is 2.56. The van der Waals surface area contributed by atoms with Crippen LogP contribution in [0.15, 0.2) is 30.3 Å². The van der Waals surface area contributed by atoms with Crippen molar-refractivity contribution in [3.05, 3.63) is 63.8 Å². The molecule has 1 nitrogen and oxygen atoms in total. The van der Waals surface area contributed by atoms with Gasteiger partial charge in [-0.1, -0.05) is 31.5 Å². The zero-order valence-corrected chi connectivity index (χ0v) is 16.8. The second-order valence-corrected chi connectivity index (χ2v) is 7.78. The SMILES string of the molecule is [2H]c1c(C)[n+](C)c(-c2cc(C)cc(C)c2C)c2cc(C)c(C(C)C)cc12. The van der Waals surface area contributed by atoms with E-state index in [2.05, 4.69) is 84.3 Å². The van der Waals surface area contributed by atoms with Gasteiger partial charge in [0.15, 0.2) is 5.69 Å². The Balaban J connectivity index is 2.53. The predicted molar refractivity (Wildman–Crippen MR) is 108 cm³/mol. The summed E-state index contributed by atoms with van der Waals surface area (Å²) in [6.45, 7) is 15.2. The molecule has 0 radical (unpaired) electrons. The van der Waals surface area contributed by atoms with Crippen molar-refractivity contribution in [1.82, 2.24) is 0 Å². The quantitative estimate of drug-likeness (QED) is 0.507. The first-order valence-electron chi connectivity index (χ1n) is 9.65. The maximum Gasteiger partial charge on any atom is 0.220 e. The van der Waals surface area contributed by atoms with E-state index >= 15 is 0 Å². The van der Waals surface area contributed by atoms with Gasteiger partial charge in [-0.25, -0.2) is 0 Å². The van der Waals surface area contributed by atoms with Gasteiger partial charge in [-0.15, -0.1) is 0 Å². The molecule has 0 unspecified atom stereocenters. The van der Waals surface area contributed by atoms with Crippen molar-refractivity contribution in [2.45, 2.75) is 54.4 Å². The molecule has 0 aliphatic rings. The van der Waals surface area contributed by atoms with E-state index in [1.54, 1.807) is 0 Å². The van der Waals surface area contributed by atoms with E-state index in [4.69, 9.17) is 1.37 Å². The molecule has 130 valence electrons. The Morgan fingerprint density at radius 2 is 1.60 bits per heavy atom. The minimum absolute atomic E-state index is 0.458. The Kier molecular flexibility index (Phi) is 4.11. The molecule has 2 aromatic carbocycles. The third-order valence-electron chi connectivity index (χ3n) is 5.50. The molecule has 0 fully saturated rings. The molecule has 0 saturated carbocycles. The third-order valence-corrected chi connectivity index (χ3v) is 5.50. The molecule has 0 saturated heterocycles. The largest absolute Gasteiger partial charge is 0.220 e. The molecular weight excluding hydrogens is 302 g/mol. The number of rotatable bonds is 2. The fourth-order valence-corrected chi connectivity index (χ4v) is 3.88. The van der Waals surface area contributed by atoms with E-state index < -0.39 is 0 Å². The van der Waals surface area contributed by atoms with Gasteiger partial charge in [-0.05, 0) is 73.4 Å². The molecule has 0 N–H and O–H groups in total. The van der Waals surface area contributed by atoms with Crippen molar-refractivity contribution in [2.24, 2.45) is 7.05 Å². The van der Waals surface area contributed by atoms with Crippen molar-refractivity contribution in [3.8, 4) is 11.3 Å². The monoisotopic (exact) mass is 333 g/mol. The average molecular weight is 334 g/mol. The standard InChI is InChI=1S/C24H30N/c1-14(2)21-13-20-12-18(6)25(8)24(23(20)11-17(21)5)22-10-15(3)9-16(4)19(22)7/h9-14H,1-8H3/q+1/i12D. The van der Waals surface area contributed by atoms with Crippen LogP contribution >= 0.6 is 0 Å². The molecule has 1 heterocycles. The first-order valence-corrected chi connectivity index (χ1v) is 9.15. The van der Waals surface area contributed by atoms with Gasteiger partial charge in [-0.2, -0.15) is 4.57 Å². The maximum absolute atomic E-state index is 8.71. The van der Waals surface area contributed by atoms with Gasteiger partial charge < -0.3 is 0 Å². The molecular formula is C24H30N+. The van der Waals surface area contributed by atoms with Crippen molar-refractivity contribution in [2.75, 3.05) is 0 Å². The molecule has 1 heteroatoms. The fourth-order valence-electron chi connectivity index (χ4n) is 3.88. The predicted octanol–water partition coefficient (Wildman–Crippen LogP) is 6.00. The summed E-state index contributed by atoms with van der Waals surface area (Å²) in [5.74, 6) is 0.458. The lowest BCUT2D eigenvalue weighted by Crippen LogP contribution is -2.35. The van der Waals surface area contributed by atoms with Crippen LogP contribution in [0.25, 0.3) is 22.0 Å².